The molecule has 1 heterocycles. The highest BCUT2D eigenvalue weighted by Crippen LogP contribution is 2.23. The lowest BCUT2D eigenvalue weighted by Crippen LogP contribution is -2.38. The minimum Gasteiger partial charge on any atom is -0.394 e. The zero-order valence-corrected chi connectivity index (χ0v) is 7.73. The summed E-state index contributed by atoms with van der Waals surface area (Å²) < 4.78 is 5.54. The van der Waals surface area contributed by atoms with Crippen LogP contribution in [0.1, 0.15) is 0 Å². The molecule has 0 amide bonds. The molecule has 3 atom stereocenters. The molecule has 0 saturated heterocycles. The van der Waals surface area contributed by atoms with Crippen molar-refractivity contribution in [3.8, 4) is 6.07 Å². The fourth-order valence-corrected chi connectivity index (χ4v) is 1.40. The second-order valence-electron chi connectivity index (χ2n) is 2.41. The van der Waals surface area contributed by atoms with Gasteiger partial charge in [0.1, 0.15) is 12.2 Å². The Bertz CT molecular complexity index is 235. The number of rotatable bonds is 1. The molecule has 0 unspecified atom stereocenters. The molecular weight excluding hydrogens is 226 g/mol. The average molecular weight is 234 g/mol. The highest BCUT2D eigenvalue weighted by Gasteiger charge is 2.28. The van der Waals surface area contributed by atoms with Gasteiger partial charge in [0.25, 0.3) is 0 Å². The Morgan fingerprint density at radius 1 is 1.75 bits per heavy atom. The number of aliphatic hydroxyl groups is 2. The maximum atomic E-state index is 9.25. The fourth-order valence-electron chi connectivity index (χ4n) is 0.921. The van der Waals surface area contributed by atoms with Crippen LogP contribution in [0.25, 0.3) is 0 Å². The van der Waals surface area contributed by atoms with Gasteiger partial charge < -0.3 is 14.9 Å². The summed E-state index contributed by atoms with van der Waals surface area (Å²) in [6, 6.07) is 1.88. The molecule has 0 bridgehead atoms. The Kier molecular flexibility index (Phi) is 3.23. The molecule has 1 rings (SSSR count). The summed E-state index contributed by atoms with van der Waals surface area (Å²) >= 11 is 3.08. The molecule has 0 fully saturated rings. The maximum absolute atomic E-state index is 9.25. The molecule has 1 aliphatic heterocycles. The lowest BCUT2D eigenvalue weighted by molar-refractivity contribution is -0.0646. The summed E-state index contributed by atoms with van der Waals surface area (Å²) in [5, 5.41) is 26.5. The Balaban J connectivity index is 2.76. The normalized spacial score (nSPS) is 35.5. The van der Waals surface area contributed by atoms with Crippen LogP contribution in [-0.4, -0.2) is 35.1 Å². The average Bonchev–Trinajstić information content (AvgIpc) is 2.05. The maximum Gasteiger partial charge on any atom is 0.175 e. The first kappa shape index (κ1) is 9.68. The monoisotopic (exact) mass is 233 g/mol. The molecule has 0 saturated carbocycles. The van der Waals surface area contributed by atoms with E-state index in [1.54, 1.807) is 0 Å². The van der Waals surface area contributed by atoms with Gasteiger partial charge in [-0.3, -0.25) is 0 Å². The smallest absolute Gasteiger partial charge is 0.175 e. The topological polar surface area (TPSA) is 73.5 Å². The van der Waals surface area contributed by atoms with Crippen LogP contribution in [0.4, 0.5) is 0 Å². The van der Waals surface area contributed by atoms with Crippen molar-refractivity contribution in [1.82, 2.24) is 0 Å². The van der Waals surface area contributed by atoms with E-state index in [0.29, 0.717) is 4.48 Å². The van der Waals surface area contributed by atoms with Crippen LogP contribution in [0.2, 0.25) is 0 Å². The van der Waals surface area contributed by atoms with E-state index < -0.39 is 18.3 Å². The second kappa shape index (κ2) is 4.01. The minimum absolute atomic E-state index is 0.296. The Labute approximate surface area is 78.2 Å². The minimum atomic E-state index is -0.853. The molecule has 0 aromatic carbocycles. The lowest BCUT2D eigenvalue weighted by atomic mass is 10.1. The summed E-state index contributed by atoms with van der Waals surface area (Å²) in [7, 11) is 0. The van der Waals surface area contributed by atoms with Crippen LogP contribution in [0.15, 0.2) is 10.6 Å². The van der Waals surface area contributed by atoms with E-state index in [9.17, 15) is 5.11 Å². The van der Waals surface area contributed by atoms with Crippen molar-refractivity contribution < 1.29 is 14.9 Å². The number of hydrogen-bond acceptors (Lipinski definition) is 4. The third kappa shape index (κ3) is 1.84. The van der Waals surface area contributed by atoms with Crippen LogP contribution < -0.4 is 0 Å². The number of nitrogens with zero attached hydrogens (tertiary/aromatic N) is 1. The third-order valence-corrected chi connectivity index (χ3v) is 2.25. The predicted octanol–water partition coefficient (Wildman–Crippen LogP) is -0.0906. The van der Waals surface area contributed by atoms with E-state index in [1.165, 1.54) is 6.08 Å². The quantitative estimate of drug-likeness (QED) is 0.664. The molecule has 0 aromatic rings. The van der Waals surface area contributed by atoms with E-state index in [0.717, 1.165) is 0 Å². The Hall–Kier alpha value is -0.410. The largest absolute Gasteiger partial charge is 0.394 e. The van der Waals surface area contributed by atoms with Gasteiger partial charge in [0.2, 0.25) is 0 Å². The van der Waals surface area contributed by atoms with Crippen LogP contribution >= 0.6 is 15.9 Å². The van der Waals surface area contributed by atoms with Crippen molar-refractivity contribution in [1.29, 1.82) is 5.26 Å². The molecule has 0 aromatic heterocycles. The summed E-state index contributed by atoms with van der Waals surface area (Å²) in [6.07, 6.45) is -0.811. The van der Waals surface area contributed by atoms with Gasteiger partial charge in [-0.15, -0.1) is 0 Å². The predicted molar refractivity (Wildman–Crippen MR) is 44.4 cm³/mol. The van der Waals surface area contributed by atoms with Gasteiger partial charge in [0, 0.05) is 4.48 Å². The van der Waals surface area contributed by atoms with Crippen LogP contribution in [0, 0.1) is 11.3 Å². The third-order valence-electron chi connectivity index (χ3n) is 1.57. The zero-order valence-electron chi connectivity index (χ0n) is 6.14. The van der Waals surface area contributed by atoms with Gasteiger partial charge in [-0.25, -0.2) is 0 Å². The van der Waals surface area contributed by atoms with Gasteiger partial charge in [-0.05, 0) is 6.08 Å². The standard InChI is InChI=1S/C7H8BrNO3/c8-4-1-5(11)7(3-10)12-6(4)2-9/h1,5-7,10-11H,3H2/t5-,6-,7+/m0/s1. The van der Waals surface area contributed by atoms with Crippen LogP contribution in [0.5, 0.6) is 0 Å². The van der Waals surface area contributed by atoms with Gasteiger partial charge in [0.05, 0.1) is 12.7 Å². The first-order valence-corrected chi connectivity index (χ1v) is 4.19. The summed E-state index contributed by atoms with van der Waals surface area (Å²) in [5.41, 5.74) is 0. The van der Waals surface area contributed by atoms with Gasteiger partial charge >= 0.3 is 0 Å². The van der Waals surface area contributed by atoms with Crippen molar-refractivity contribution >= 4 is 15.9 Å². The molecule has 0 spiro atoms. The molecule has 1 aliphatic rings. The number of ether oxygens (including phenoxy) is 1. The molecule has 4 nitrogen and oxygen atoms in total. The van der Waals surface area contributed by atoms with Crippen LogP contribution in [-0.2, 0) is 4.74 Å². The summed E-state index contributed by atoms with van der Waals surface area (Å²) in [4.78, 5) is 0. The molecule has 0 aliphatic carbocycles. The summed E-state index contributed by atoms with van der Waals surface area (Å²) in [6.45, 7) is -0.296. The first-order valence-electron chi connectivity index (χ1n) is 3.40. The van der Waals surface area contributed by atoms with E-state index in [4.69, 9.17) is 15.1 Å². The summed E-state index contributed by atoms with van der Waals surface area (Å²) in [5.74, 6) is 0. The molecule has 0 radical (unpaired) electrons. The fraction of sp³-hybridized carbons (Fsp3) is 0.571. The number of nitriles is 1. The molecule has 66 valence electrons. The number of hydrogen-bond donors (Lipinski definition) is 2. The van der Waals surface area contributed by atoms with E-state index in [1.807, 2.05) is 6.07 Å². The lowest BCUT2D eigenvalue weighted by Gasteiger charge is -2.26. The van der Waals surface area contributed by atoms with Crippen molar-refractivity contribution in [3.05, 3.63) is 10.6 Å². The van der Waals surface area contributed by atoms with Crippen molar-refractivity contribution in [2.45, 2.75) is 18.3 Å². The van der Waals surface area contributed by atoms with Gasteiger partial charge in [0.15, 0.2) is 6.10 Å². The van der Waals surface area contributed by atoms with Crippen LogP contribution in [0.3, 0.4) is 0 Å². The van der Waals surface area contributed by atoms with E-state index >= 15 is 0 Å². The second-order valence-corrected chi connectivity index (χ2v) is 3.32. The molecular formula is C7H8BrNO3. The van der Waals surface area contributed by atoms with E-state index in [-0.39, 0.29) is 6.61 Å². The zero-order chi connectivity index (χ0) is 9.14. The molecule has 2 N–H and O–H groups in total. The van der Waals surface area contributed by atoms with Crippen molar-refractivity contribution in [2.75, 3.05) is 6.61 Å². The highest BCUT2D eigenvalue weighted by molar-refractivity contribution is 9.11. The van der Waals surface area contributed by atoms with Crippen molar-refractivity contribution in [2.24, 2.45) is 0 Å². The first-order chi connectivity index (χ1) is 5.69. The van der Waals surface area contributed by atoms with Gasteiger partial charge in [-0.2, -0.15) is 5.26 Å². The Morgan fingerprint density at radius 2 is 2.42 bits per heavy atom. The van der Waals surface area contributed by atoms with E-state index in [2.05, 4.69) is 15.9 Å². The molecule has 12 heavy (non-hydrogen) atoms. The number of halogens is 1. The molecule has 5 heteroatoms. The van der Waals surface area contributed by atoms with Gasteiger partial charge in [-0.1, -0.05) is 15.9 Å². The SMILES string of the molecule is N#C[C@@H]1O[C@H](CO)[C@@H](O)C=C1Br. The Morgan fingerprint density at radius 3 is 2.92 bits per heavy atom. The highest BCUT2D eigenvalue weighted by atomic mass is 79.9. The number of aliphatic hydroxyl groups excluding tert-OH is 2. The van der Waals surface area contributed by atoms with Crippen molar-refractivity contribution in [3.63, 3.8) is 0 Å².